The van der Waals surface area contributed by atoms with Crippen LogP contribution < -0.4 is 5.56 Å². The molecule has 3 rings (SSSR count). The molecule has 0 unspecified atom stereocenters. The zero-order chi connectivity index (χ0) is 22.9. The van der Waals surface area contributed by atoms with Crippen molar-refractivity contribution in [2.75, 3.05) is 14.2 Å². The van der Waals surface area contributed by atoms with Crippen LogP contribution in [0.15, 0.2) is 33.0 Å². The summed E-state index contributed by atoms with van der Waals surface area (Å²) in [6.07, 6.45) is 0.544. The Bertz CT molecular complexity index is 1100. The average molecular weight is 445 g/mol. The molecule has 0 spiro atoms. The minimum absolute atomic E-state index is 0.158. The summed E-state index contributed by atoms with van der Waals surface area (Å²) in [6.45, 7) is 7.89. The second-order valence-electron chi connectivity index (χ2n) is 8.06. The summed E-state index contributed by atoms with van der Waals surface area (Å²) in [5.41, 5.74) is 3.36. The summed E-state index contributed by atoms with van der Waals surface area (Å²) < 4.78 is 12.6. The maximum atomic E-state index is 12.7. The summed E-state index contributed by atoms with van der Waals surface area (Å²) in [4.78, 5) is 26.6. The van der Waals surface area contributed by atoms with Gasteiger partial charge in [0.15, 0.2) is 0 Å². The number of nitrogens with zero attached hydrogens (tertiary/aromatic N) is 4. The van der Waals surface area contributed by atoms with Gasteiger partial charge in [0, 0.05) is 24.7 Å². The van der Waals surface area contributed by atoms with E-state index in [2.05, 4.69) is 18.8 Å². The molecule has 0 bridgehead atoms. The zero-order valence-electron chi connectivity index (χ0n) is 19.1. The van der Waals surface area contributed by atoms with Gasteiger partial charge in [-0.1, -0.05) is 37.6 Å². The Hall–Kier alpha value is -2.67. The molecule has 0 saturated carbocycles. The highest BCUT2D eigenvalue weighted by molar-refractivity contribution is 6.33. The summed E-state index contributed by atoms with van der Waals surface area (Å²) in [6, 6.07) is 5.15. The molecule has 0 aliphatic carbocycles. The number of halogens is 1. The number of rotatable bonds is 4. The molecule has 31 heavy (non-hydrogen) atoms. The predicted octanol–water partition coefficient (Wildman–Crippen LogP) is 3.76. The second-order valence-corrected chi connectivity index (χ2v) is 8.47. The van der Waals surface area contributed by atoms with E-state index in [0.29, 0.717) is 34.5 Å². The molecule has 0 fully saturated rings. The van der Waals surface area contributed by atoms with Crippen LogP contribution in [0, 0.1) is 19.8 Å². The fraction of sp³-hybridized carbons (Fsp3) is 0.478. The number of benzene rings is 1. The number of hydrogen-bond donors (Lipinski definition) is 0. The van der Waals surface area contributed by atoms with Crippen molar-refractivity contribution in [3.05, 3.63) is 50.5 Å². The third-order valence-corrected chi connectivity index (χ3v) is 5.98. The van der Waals surface area contributed by atoms with Gasteiger partial charge in [0.2, 0.25) is 11.8 Å². The maximum Gasteiger partial charge on any atom is 0.277 e. The average Bonchev–Trinajstić information content (AvgIpc) is 2.74. The van der Waals surface area contributed by atoms with Crippen LogP contribution in [0.1, 0.15) is 30.8 Å². The fourth-order valence-corrected chi connectivity index (χ4v) is 3.91. The standard InChI is InChI=1S/C23H29ClN4O3/c1-12(2)19-22(31-7)26-18(21(27-19)30-6)11-15-8-9-16(17(24)10-15)20-23(29)28(5)14(4)13(3)25-20/h8-10,12,18-19H,11H2,1-7H3/t18-,19+/m0/s1. The van der Waals surface area contributed by atoms with E-state index in [1.165, 1.54) is 0 Å². The van der Waals surface area contributed by atoms with E-state index >= 15 is 0 Å². The van der Waals surface area contributed by atoms with Crippen molar-refractivity contribution in [3.8, 4) is 11.3 Å². The van der Waals surface area contributed by atoms with Crippen molar-refractivity contribution in [1.29, 1.82) is 0 Å². The Labute approximate surface area is 187 Å². The molecule has 0 radical (unpaired) electrons. The second kappa shape index (κ2) is 9.22. The van der Waals surface area contributed by atoms with Gasteiger partial charge in [-0.25, -0.2) is 15.0 Å². The van der Waals surface area contributed by atoms with Gasteiger partial charge in [-0.3, -0.25) is 4.79 Å². The molecular weight excluding hydrogens is 416 g/mol. The molecule has 166 valence electrons. The predicted molar refractivity (Wildman–Crippen MR) is 124 cm³/mol. The molecule has 8 heteroatoms. The van der Waals surface area contributed by atoms with Crippen molar-refractivity contribution < 1.29 is 9.47 Å². The van der Waals surface area contributed by atoms with Gasteiger partial charge in [-0.15, -0.1) is 0 Å². The van der Waals surface area contributed by atoms with Crippen molar-refractivity contribution in [3.63, 3.8) is 0 Å². The Morgan fingerprint density at radius 3 is 2.39 bits per heavy atom. The lowest BCUT2D eigenvalue weighted by atomic mass is 9.99. The molecule has 2 atom stereocenters. The largest absolute Gasteiger partial charge is 0.483 e. The Balaban J connectivity index is 1.93. The first-order chi connectivity index (χ1) is 14.7. The van der Waals surface area contributed by atoms with E-state index in [-0.39, 0.29) is 23.6 Å². The lowest BCUT2D eigenvalue weighted by Gasteiger charge is -2.27. The highest BCUT2D eigenvalue weighted by Crippen LogP contribution is 2.28. The number of ether oxygens (including phenoxy) is 2. The molecule has 1 aromatic heterocycles. The van der Waals surface area contributed by atoms with Crippen molar-refractivity contribution in [1.82, 2.24) is 9.55 Å². The molecule has 1 aromatic carbocycles. The maximum absolute atomic E-state index is 12.7. The molecule has 1 aliphatic rings. The highest BCUT2D eigenvalue weighted by atomic mass is 35.5. The van der Waals surface area contributed by atoms with Gasteiger partial charge in [-0.2, -0.15) is 0 Å². The van der Waals surface area contributed by atoms with Crippen molar-refractivity contribution >= 4 is 23.4 Å². The van der Waals surface area contributed by atoms with Crippen LogP contribution in [-0.4, -0.2) is 47.6 Å². The van der Waals surface area contributed by atoms with E-state index in [0.717, 1.165) is 17.0 Å². The van der Waals surface area contributed by atoms with Crippen molar-refractivity contribution in [2.45, 2.75) is 46.2 Å². The van der Waals surface area contributed by atoms with Gasteiger partial charge in [0.05, 0.1) is 24.9 Å². The quantitative estimate of drug-likeness (QED) is 0.719. The minimum atomic E-state index is -0.301. The smallest absolute Gasteiger partial charge is 0.277 e. The molecule has 0 saturated heterocycles. The number of methoxy groups -OCH3 is 2. The molecule has 0 N–H and O–H groups in total. The summed E-state index contributed by atoms with van der Waals surface area (Å²) in [7, 11) is 4.96. The summed E-state index contributed by atoms with van der Waals surface area (Å²) >= 11 is 6.58. The fourth-order valence-electron chi connectivity index (χ4n) is 3.62. The zero-order valence-corrected chi connectivity index (χ0v) is 19.8. The number of aryl methyl sites for hydroxylation is 1. The first-order valence-corrected chi connectivity index (χ1v) is 10.6. The van der Waals surface area contributed by atoms with E-state index in [1.54, 1.807) is 25.8 Å². The van der Waals surface area contributed by atoms with Gasteiger partial charge in [0.1, 0.15) is 17.8 Å². The highest BCUT2D eigenvalue weighted by Gasteiger charge is 2.31. The van der Waals surface area contributed by atoms with Gasteiger partial charge in [-0.05, 0) is 31.4 Å². The van der Waals surface area contributed by atoms with Crippen molar-refractivity contribution in [2.24, 2.45) is 23.0 Å². The molecule has 2 heterocycles. The van der Waals surface area contributed by atoms with Gasteiger partial charge < -0.3 is 14.0 Å². The van der Waals surface area contributed by atoms with Crippen LogP contribution in [0.4, 0.5) is 0 Å². The molecule has 1 aliphatic heterocycles. The van der Waals surface area contributed by atoms with E-state index in [1.807, 2.05) is 32.0 Å². The van der Waals surface area contributed by atoms with Crippen LogP contribution in [0.3, 0.4) is 0 Å². The lowest BCUT2D eigenvalue weighted by Crippen LogP contribution is -2.38. The lowest BCUT2D eigenvalue weighted by molar-refractivity contribution is 0.332. The number of hydrogen-bond acceptors (Lipinski definition) is 6. The van der Waals surface area contributed by atoms with Crippen LogP contribution in [-0.2, 0) is 22.9 Å². The summed E-state index contributed by atoms with van der Waals surface area (Å²) in [5, 5.41) is 0.466. The van der Waals surface area contributed by atoms with Gasteiger partial charge >= 0.3 is 0 Å². The number of aliphatic imine (C=N–C) groups is 2. The van der Waals surface area contributed by atoms with Gasteiger partial charge in [0.25, 0.3) is 5.56 Å². The Morgan fingerprint density at radius 2 is 1.81 bits per heavy atom. The topological polar surface area (TPSA) is 78.1 Å². The Kier molecular flexibility index (Phi) is 6.84. The first kappa shape index (κ1) is 23.0. The van der Waals surface area contributed by atoms with Crippen LogP contribution in [0.25, 0.3) is 11.3 Å². The molecule has 2 aromatic rings. The van der Waals surface area contributed by atoms with E-state index in [9.17, 15) is 4.79 Å². The van der Waals surface area contributed by atoms with Crippen LogP contribution >= 0.6 is 11.6 Å². The molecular formula is C23H29ClN4O3. The van der Waals surface area contributed by atoms with E-state index in [4.69, 9.17) is 31.1 Å². The minimum Gasteiger partial charge on any atom is -0.483 e. The first-order valence-electron chi connectivity index (χ1n) is 10.2. The third kappa shape index (κ3) is 4.51. The summed E-state index contributed by atoms with van der Waals surface area (Å²) in [5.74, 6) is 1.42. The van der Waals surface area contributed by atoms with Crippen LogP contribution in [0.5, 0.6) is 0 Å². The monoisotopic (exact) mass is 444 g/mol. The third-order valence-electron chi connectivity index (χ3n) is 5.67. The Morgan fingerprint density at radius 1 is 1.13 bits per heavy atom. The SMILES string of the molecule is COC1=N[C@H](C(C)C)C(OC)=N[C@H]1Cc1ccc(-c2nc(C)c(C)n(C)c2=O)c(Cl)c1. The molecule has 0 amide bonds. The molecule has 7 nitrogen and oxygen atoms in total. The van der Waals surface area contributed by atoms with Crippen LogP contribution in [0.2, 0.25) is 5.02 Å². The normalized spacial score (nSPS) is 18.6. The number of aromatic nitrogens is 2. The van der Waals surface area contributed by atoms with E-state index < -0.39 is 0 Å².